The molecule has 0 N–H and O–H groups in total. The first-order chi connectivity index (χ1) is 5.70. The number of hydrogen-bond donors (Lipinski definition) is 0. The highest BCUT2D eigenvalue weighted by atomic mass is 14.1. The lowest BCUT2D eigenvalue weighted by molar-refractivity contribution is 0.417. The monoisotopic (exact) mass is 162 g/mol. The van der Waals surface area contributed by atoms with Gasteiger partial charge in [0.25, 0.3) is 0 Å². The molecule has 1 atom stereocenters. The molecule has 0 nitrogen and oxygen atoms in total. The second-order valence-electron chi connectivity index (χ2n) is 3.91. The Labute approximate surface area is 75.6 Å². The first-order valence-electron chi connectivity index (χ1n) is 4.74. The van der Waals surface area contributed by atoms with Crippen LogP contribution in [0.2, 0.25) is 0 Å². The Hall–Kier alpha value is -0.780. The van der Waals surface area contributed by atoms with Crippen LogP contribution in [-0.2, 0) is 6.42 Å². The van der Waals surface area contributed by atoms with E-state index in [4.69, 9.17) is 0 Å². The van der Waals surface area contributed by atoms with E-state index in [1.807, 2.05) is 0 Å². The third-order valence-electron chi connectivity index (χ3n) is 2.54. The van der Waals surface area contributed by atoms with Gasteiger partial charge in [-0.25, -0.2) is 0 Å². The standard InChI is InChI=1S/C12H18/c1-10(2)11(3)9-12-7-5-4-6-8-12/h4-8,10-11H,9H2,1-3H3/t11-/m0/s1. The highest BCUT2D eigenvalue weighted by molar-refractivity contribution is 5.15. The zero-order chi connectivity index (χ0) is 8.97. The molecule has 66 valence electrons. The van der Waals surface area contributed by atoms with Crippen molar-refractivity contribution in [3.05, 3.63) is 35.9 Å². The normalized spacial score (nSPS) is 13.3. The molecule has 1 rings (SSSR count). The minimum Gasteiger partial charge on any atom is -0.0625 e. The van der Waals surface area contributed by atoms with Gasteiger partial charge in [0.15, 0.2) is 0 Å². The molecule has 0 aliphatic heterocycles. The summed E-state index contributed by atoms with van der Waals surface area (Å²) in [7, 11) is 0. The van der Waals surface area contributed by atoms with E-state index in [1.165, 1.54) is 12.0 Å². The fourth-order valence-corrected chi connectivity index (χ4v) is 1.22. The van der Waals surface area contributed by atoms with E-state index < -0.39 is 0 Å². The van der Waals surface area contributed by atoms with Crippen molar-refractivity contribution in [1.29, 1.82) is 0 Å². The molecule has 0 heteroatoms. The summed E-state index contributed by atoms with van der Waals surface area (Å²) in [6.45, 7) is 6.89. The molecule has 0 bridgehead atoms. The summed E-state index contributed by atoms with van der Waals surface area (Å²) < 4.78 is 0. The molecule has 0 aromatic heterocycles. The number of hydrogen-bond acceptors (Lipinski definition) is 0. The van der Waals surface area contributed by atoms with E-state index in [-0.39, 0.29) is 0 Å². The van der Waals surface area contributed by atoms with Gasteiger partial charge in [-0.3, -0.25) is 0 Å². The van der Waals surface area contributed by atoms with E-state index in [0.29, 0.717) is 0 Å². The van der Waals surface area contributed by atoms with E-state index in [9.17, 15) is 0 Å². The lowest BCUT2D eigenvalue weighted by Crippen LogP contribution is -2.06. The smallest absolute Gasteiger partial charge is 0.0251 e. The van der Waals surface area contributed by atoms with Crippen LogP contribution in [0.25, 0.3) is 0 Å². The second-order valence-corrected chi connectivity index (χ2v) is 3.91. The molecule has 0 radical (unpaired) electrons. The first-order valence-corrected chi connectivity index (χ1v) is 4.74. The van der Waals surface area contributed by atoms with Crippen molar-refractivity contribution in [2.24, 2.45) is 11.8 Å². The SMILES string of the molecule is CC(C)[C@@H](C)Cc1ccccc1. The highest BCUT2D eigenvalue weighted by Gasteiger charge is 2.06. The Balaban J connectivity index is 2.53. The third kappa shape index (κ3) is 2.69. The van der Waals surface area contributed by atoms with Crippen LogP contribution in [0.15, 0.2) is 30.3 Å². The summed E-state index contributed by atoms with van der Waals surface area (Å²) in [6.07, 6.45) is 1.21. The predicted molar refractivity (Wildman–Crippen MR) is 54.1 cm³/mol. The molecule has 0 fully saturated rings. The van der Waals surface area contributed by atoms with Crippen molar-refractivity contribution in [1.82, 2.24) is 0 Å². The lowest BCUT2D eigenvalue weighted by Gasteiger charge is -2.14. The van der Waals surface area contributed by atoms with Gasteiger partial charge in [0.05, 0.1) is 0 Å². The molecular weight excluding hydrogens is 144 g/mol. The molecule has 0 aliphatic carbocycles. The van der Waals surface area contributed by atoms with Crippen molar-refractivity contribution >= 4 is 0 Å². The molecule has 1 aromatic rings. The Bertz CT molecular complexity index is 211. The molecule has 0 aliphatic rings. The van der Waals surface area contributed by atoms with Crippen LogP contribution in [0.1, 0.15) is 26.3 Å². The van der Waals surface area contributed by atoms with Gasteiger partial charge in [0, 0.05) is 0 Å². The minimum atomic E-state index is 0.783. The van der Waals surface area contributed by atoms with Crippen LogP contribution in [0, 0.1) is 11.8 Å². The molecule has 0 saturated heterocycles. The summed E-state index contributed by atoms with van der Waals surface area (Å²) in [5.41, 5.74) is 1.46. The van der Waals surface area contributed by atoms with Crippen LogP contribution in [0.4, 0.5) is 0 Å². The van der Waals surface area contributed by atoms with Gasteiger partial charge in [-0.1, -0.05) is 51.1 Å². The summed E-state index contributed by atoms with van der Waals surface area (Å²) in [5.74, 6) is 1.57. The molecule has 0 spiro atoms. The van der Waals surface area contributed by atoms with Crippen LogP contribution < -0.4 is 0 Å². The van der Waals surface area contributed by atoms with Crippen LogP contribution >= 0.6 is 0 Å². The summed E-state index contributed by atoms with van der Waals surface area (Å²) in [6, 6.07) is 10.7. The van der Waals surface area contributed by atoms with Crippen LogP contribution in [0.3, 0.4) is 0 Å². The van der Waals surface area contributed by atoms with E-state index >= 15 is 0 Å². The van der Waals surface area contributed by atoms with Crippen molar-refractivity contribution in [3.63, 3.8) is 0 Å². The maximum Gasteiger partial charge on any atom is -0.0251 e. The van der Waals surface area contributed by atoms with Gasteiger partial charge in [-0.2, -0.15) is 0 Å². The van der Waals surface area contributed by atoms with Gasteiger partial charge >= 0.3 is 0 Å². The quantitative estimate of drug-likeness (QED) is 0.638. The van der Waals surface area contributed by atoms with Gasteiger partial charge in [0.1, 0.15) is 0 Å². The van der Waals surface area contributed by atoms with E-state index in [2.05, 4.69) is 51.1 Å². The predicted octanol–water partition coefficient (Wildman–Crippen LogP) is 3.52. The second kappa shape index (κ2) is 4.30. The molecule has 0 amide bonds. The Morgan fingerprint density at radius 3 is 2.08 bits per heavy atom. The van der Waals surface area contributed by atoms with Crippen LogP contribution in [0.5, 0.6) is 0 Å². The highest BCUT2D eigenvalue weighted by Crippen LogP contribution is 2.15. The fourth-order valence-electron chi connectivity index (χ4n) is 1.22. The van der Waals surface area contributed by atoms with Crippen LogP contribution in [-0.4, -0.2) is 0 Å². The zero-order valence-electron chi connectivity index (χ0n) is 8.25. The molecule has 0 saturated carbocycles. The topological polar surface area (TPSA) is 0 Å². The van der Waals surface area contributed by atoms with Gasteiger partial charge < -0.3 is 0 Å². The Kier molecular flexibility index (Phi) is 3.33. The van der Waals surface area contributed by atoms with Crippen molar-refractivity contribution < 1.29 is 0 Å². The van der Waals surface area contributed by atoms with Gasteiger partial charge in [0.2, 0.25) is 0 Å². The third-order valence-corrected chi connectivity index (χ3v) is 2.54. The van der Waals surface area contributed by atoms with E-state index in [0.717, 1.165) is 11.8 Å². The Morgan fingerprint density at radius 2 is 1.58 bits per heavy atom. The average Bonchev–Trinajstić information content (AvgIpc) is 2.06. The van der Waals surface area contributed by atoms with E-state index in [1.54, 1.807) is 0 Å². The maximum absolute atomic E-state index is 2.32. The molecule has 0 unspecified atom stereocenters. The van der Waals surface area contributed by atoms with Gasteiger partial charge in [-0.15, -0.1) is 0 Å². The molecular formula is C12H18. The molecule has 1 aromatic carbocycles. The first kappa shape index (κ1) is 9.31. The summed E-state index contributed by atoms with van der Waals surface area (Å²) in [5, 5.41) is 0. The lowest BCUT2D eigenvalue weighted by atomic mass is 9.91. The van der Waals surface area contributed by atoms with Crippen molar-refractivity contribution in [2.75, 3.05) is 0 Å². The minimum absolute atomic E-state index is 0.783. The summed E-state index contributed by atoms with van der Waals surface area (Å²) >= 11 is 0. The largest absolute Gasteiger partial charge is 0.0625 e. The summed E-state index contributed by atoms with van der Waals surface area (Å²) in [4.78, 5) is 0. The Morgan fingerprint density at radius 1 is 1.00 bits per heavy atom. The average molecular weight is 162 g/mol. The molecule has 0 heterocycles. The molecule has 12 heavy (non-hydrogen) atoms. The van der Waals surface area contributed by atoms with Gasteiger partial charge in [-0.05, 0) is 23.8 Å². The zero-order valence-corrected chi connectivity index (χ0v) is 8.25. The van der Waals surface area contributed by atoms with Crippen molar-refractivity contribution in [3.8, 4) is 0 Å². The fraction of sp³-hybridized carbons (Fsp3) is 0.500. The number of benzene rings is 1. The number of rotatable bonds is 3. The maximum atomic E-state index is 2.32. The van der Waals surface area contributed by atoms with Crippen molar-refractivity contribution in [2.45, 2.75) is 27.2 Å².